The highest BCUT2D eigenvalue weighted by atomic mass is 79.9. The van der Waals surface area contributed by atoms with Crippen molar-refractivity contribution in [2.75, 3.05) is 18.0 Å². The van der Waals surface area contributed by atoms with Gasteiger partial charge in [0.2, 0.25) is 11.8 Å². The van der Waals surface area contributed by atoms with E-state index in [0.717, 1.165) is 52.0 Å². The third-order valence-corrected chi connectivity index (χ3v) is 11.0. The monoisotopic (exact) mass is 751 g/mol. The summed E-state index contributed by atoms with van der Waals surface area (Å²) in [7, 11) is -2.87. The van der Waals surface area contributed by atoms with Gasteiger partial charge in [-0.2, -0.15) is 0 Å². The lowest BCUT2D eigenvalue weighted by Crippen LogP contribution is -2.55. The summed E-state index contributed by atoms with van der Waals surface area (Å²) in [6, 6.07) is 28.6. The molecule has 1 saturated carbocycles. The van der Waals surface area contributed by atoms with Crippen LogP contribution >= 0.6 is 27.5 Å². The molecule has 1 aliphatic rings. The fourth-order valence-electron chi connectivity index (χ4n) is 5.98. The molecule has 0 bridgehead atoms. The van der Waals surface area contributed by atoms with Gasteiger partial charge in [-0.1, -0.05) is 107 Å². The van der Waals surface area contributed by atoms with Crippen molar-refractivity contribution in [2.24, 2.45) is 0 Å². The summed E-state index contributed by atoms with van der Waals surface area (Å²) in [5, 5.41) is 3.50. The number of methoxy groups -OCH3 is 1. The van der Waals surface area contributed by atoms with Crippen molar-refractivity contribution in [3.8, 4) is 5.75 Å². The number of carbonyl (C=O) groups excluding carboxylic acids is 2. The molecule has 0 unspecified atom stereocenters. The van der Waals surface area contributed by atoms with E-state index in [2.05, 4.69) is 21.2 Å². The van der Waals surface area contributed by atoms with Crippen molar-refractivity contribution in [1.29, 1.82) is 0 Å². The Morgan fingerprint density at radius 1 is 0.896 bits per heavy atom. The number of hydrogen-bond acceptors (Lipinski definition) is 5. The molecule has 4 aromatic rings. The van der Waals surface area contributed by atoms with Crippen LogP contribution in [0.2, 0.25) is 5.02 Å². The molecule has 252 valence electrons. The predicted molar refractivity (Wildman–Crippen MR) is 193 cm³/mol. The lowest BCUT2D eigenvalue weighted by atomic mass is 9.94. The standard InChI is InChI=1S/C37H39BrClN3O5S/c1-47-35-22-21-30(39)24-33(35)42(48(45,46)32-15-9-4-10-16-32)26-36(43)41(25-28-17-19-29(38)20-18-28)34(23-27-11-5-2-6-12-27)37(44)40-31-13-7-3-8-14-31/h2,4-6,9-12,15-22,24,31,34H,3,7-8,13-14,23,25-26H2,1H3,(H,40,44)/t34-/m0/s1. The average molecular weight is 753 g/mol. The second-order valence-electron chi connectivity index (χ2n) is 11.8. The van der Waals surface area contributed by atoms with Crippen LogP contribution in [0.4, 0.5) is 5.69 Å². The minimum atomic E-state index is -4.30. The van der Waals surface area contributed by atoms with Crippen molar-refractivity contribution in [3.05, 3.63) is 124 Å². The molecule has 0 heterocycles. The lowest BCUT2D eigenvalue weighted by molar-refractivity contribution is -0.140. The Balaban J connectivity index is 1.59. The number of nitrogens with one attached hydrogen (secondary N) is 1. The van der Waals surface area contributed by atoms with Gasteiger partial charge in [0.25, 0.3) is 10.0 Å². The molecule has 11 heteroatoms. The molecule has 0 radical (unpaired) electrons. The van der Waals surface area contributed by atoms with E-state index < -0.39 is 28.5 Å². The highest BCUT2D eigenvalue weighted by molar-refractivity contribution is 9.10. The SMILES string of the molecule is COc1ccc(Cl)cc1N(CC(=O)N(Cc1ccc(Br)cc1)[C@@H](Cc1ccccc1)C(=O)NC1CCCCC1)S(=O)(=O)c1ccccc1. The number of benzene rings is 4. The van der Waals surface area contributed by atoms with Crippen molar-refractivity contribution < 1.29 is 22.7 Å². The molecule has 0 aromatic heterocycles. The van der Waals surface area contributed by atoms with Crippen molar-refractivity contribution in [1.82, 2.24) is 10.2 Å². The highest BCUT2D eigenvalue weighted by Crippen LogP contribution is 2.35. The summed E-state index contributed by atoms with van der Waals surface area (Å²) < 4.78 is 36.0. The van der Waals surface area contributed by atoms with Crippen LogP contribution in [-0.4, -0.2) is 50.9 Å². The number of anilines is 1. The zero-order valence-electron chi connectivity index (χ0n) is 26.7. The van der Waals surface area contributed by atoms with Gasteiger partial charge in [0, 0.05) is 28.5 Å². The quantitative estimate of drug-likeness (QED) is 0.154. The topological polar surface area (TPSA) is 96.0 Å². The minimum Gasteiger partial charge on any atom is -0.495 e. The minimum absolute atomic E-state index is 0.00448. The van der Waals surface area contributed by atoms with Gasteiger partial charge < -0.3 is 15.0 Å². The largest absolute Gasteiger partial charge is 0.495 e. The smallest absolute Gasteiger partial charge is 0.264 e. The number of sulfonamides is 1. The second-order valence-corrected chi connectivity index (χ2v) is 15.1. The first kappa shape index (κ1) is 35.4. The Morgan fingerprint density at radius 3 is 2.19 bits per heavy atom. The molecule has 0 saturated heterocycles. The molecular weight excluding hydrogens is 714 g/mol. The number of nitrogens with zero attached hydrogens (tertiary/aromatic N) is 2. The van der Waals surface area contributed by atoms with Gasteiger partial charge in [-0.05, 0) is 66.4 Å². The fraction of sp³-hybridized carbons (Fsp3) is 0.297. The Kier molecular flexibility index (Phi) is 12.2. The molecule has 0 spiro atoms. The van der Waals surface area contributed by atoms with E-state index in [4.69, 9.17) is 16.3 Å². The number of halogens is 2. The maximum absolute atomic E-state index is 14.7. The van der Waals surface area contributed by atoms with Crippen LogP contribution in [0.1, 0.15) is 43.2 Å². The number of ether oxygens (including phenoxy) is 1. The average Bonchev–Trinajstić information content (AvgIpc) is 3.10. The lowest BCUT2D eigenvalue weighted by Gasteiger charge is -2.35. The first-order valence-electron chi connectivity index (χ1n) is 16.0. The van der Waals surface area contributed by atoms with Crippen LogP contribution in [0.25, 0.3) is 0 Å². The molecule has 1 fully saturated rings. The van der Waals surface area contributed by atoms with Gasteiger partial charge in [0.05, 0.1) is 17.7 Å². The van der Waals surface area contributed by atoms with Crippen molar-refractivity contribution in [2.45, 2.75) is 62.0 Å². The van der Waals surface area contributed by atoms with Crippen LogP contribution in [0.5, 0.6) is 5.75 Å². The summed E-state index contributed by atoms with van der Waals surface area (Å²) in [6.45, 7) is -0.528. The van der Waals surface area contributed by atoms with Crippen LogP contribution in [0, 0.1) is 0 Å². The summed E-state index contributed by atoms with van der Waals surface area (Å²) in [6.07, 6.45) is 5.19. The number of carbonyl (C=O) groups is 2. The maximum Gasteiger partial charge on any atom is 0.264 e. The van der Waals surface area contributed by atoms with E-state index >= 15 is 0 Å². The van der Waals surface area contributed by atoms with Gasteiger partial charge in [-0.25, -0.2) is 8.42 Å². The first-order chi connectivity index (χ1) is 23.2. The number of hydrogen-bond donors (Lipinski definition) is 1. The number of amides is 2. The molecule has 2 amide bonds. The van der Waals surface area contributed by atoms with Crippen LogP contribution in [-0.2, 0) is 32.6 Å². The Bertz CT molecular complexity index is 1790. The zero-order valence-corrected chi connectivity index (χ0v) is 29.9. The normalized spacial score (nSPS) is 14.1. The van der Waals surface area contributed by atoms with E-state index in [1.54, 1.807) is 30.3 Å². The summed E-state index contributed by atoms with van der Waals surface area (Å²) >= 11 is 9.85. The van der Waals surface area contributed by atoms with Gasteiger partial charge in [-0.15, -0.1) is 0 Å². The molecule has 1 N–H and O–H groups in total. The van der Waals surface area contributed by atoms with Gasteiger partial charge in [0.15, 0.2) is 0 Å². The molecule has 1 aliphatic carbocycles. The van der Waals surface area contributed by atoms with E-state index in [0.29, 0.717) is 0 Å². The molecule has 1 atom stereocenters. The first-order valence-corrected chi connectivity index (χ1v) is 18.6. The molecule has 48 heavy (non-hydrogen) atoms. The fourth-order valence-corrected chi connectivity index (χ4v) is 7.84. The van der Waals surface area contributed by atoms with Gasteiger partial charge >= 0.3 is 0 Å². The Labute approximate surface area is 296 Å². The summed E-state index contributed by atoms with van der Waals surface area (Å²) in [5.74, 6) is -0.602. The Hall–Kier alpha value is -3.86. The Morgan fingerprint density at radius 2 is 1.54 bits per heavy atom. The molecule has 5 rings (SSSR count). The van der Waals surface area contributed by atoms with Crippen molar-refractivity contribution >= 4 is 55.1 Å². The van der Waals surface area contributed by atoms with Crippen LogP contribution < -0.4 is 14.4 Å². The van der Waals surface area contributed by atoms with Gasteiger partial charge in [-0.3, -0.25) is 13.9 Å². The van der Waals surface area contributed by atoms with Crippen molar-refractivity contribution in [3.63, 3.8) is 0 Å². The second kappa shape index (κ2) is 16.5. The van der Waals surface area contributed by atoms with Crippen LogP contribution in [0.3, 0.4) is 0 Å². The predicted octanol–water partition coefficient (Wildman–Crippen LogP) is 7.40. The molecule has 8 nitrogen and oxygen atoms in total. The molecule has 4 aromatic carbocycles. The van der Waals surface area contributed by atoms with E-state index in [9.17, 15) is 18.0 Å². The molecular formula is C37H39BrClN3O5S. The third-order valence-electron chi connectivity index (χ3n) is 8.51. The van der Waals surface area contributed by atoms with Gasteiger partial charge in [0.1, 0.15) is 18.3 Å². The van der Waals surface area contributed by atoms with E-state index in [1.807, 2.05) is 54.6 Å². The molecule has 0 aliphatic heterocycles. The number of rotatable bonds is 13. The highest BCUT2D eigenvalue weighted by Gasteiger charge is 2.36. The van der Waals surface area contributed by atoms with Crippen LogP contribution in [0.15, 0.2) is 112 Å². The zero-order chi connectivity index (χ0) is 34.1. The van der Waals surface area contributed by atoms with E-state index in [-0.39, 0.29) is 46.3 Å². The van der Waals surface area contributed by atoms with E-state index in [1.165, 1.54) is 30.2 Å². The summed E-state index contributed by atoms with van der Waals surface area (Å²) in [4.78, 5) is 30.5. The maximum atomic E-state index is 14.7. The summed E-state index contributed by atoms with van der Waals surface area (Å²) in [5.41, 5.74) is 1.77. The third kappa shape index (κ3) is 8.98.